The van der Waals surface area contributed by atoms with Gasteiger partial charge in [0, 0.05) is 24.1 Å². The molecule has 1 saturated carbocycles. The summed E-state index contributed by atoms with van der Waals surface area (Å²) < 4.78 is 2.62. The molecule has 0 N–H and O–H groups in total. The quantitative estimate of drug-likeness (QED) is 0.263. The zero-order chi connectivity index (χ0) is 21.3. The lowest BCUT2D eigenvalue weighted by Crippen LogP contribution is -2.28. The highest BCUT2D eigenvalue weighted by molar-refractivity contribution is 7.08. The standard InChI is InChI=1S/C29H34NS/c1-29(2)27(17-14-23-18-20-31-21-23)30(19-8-7-11-22-9-3-4-10-22)26-16-15-24-12-5-6-13-25(24)28(26)29/h5-6,12-18,20-22H,3-4,7-11,19H2,1-2H3/q+1. The van der Waals surface area contributed by atoms with Crippen LogP contribution in [0, 0.1) is 5.92 Å². The van der Waals surface area contributed by atoms with Crippen LogP contribution in [0.4, 0.5) is 5.69 Å². The highest BCUT2D eigenvalue weighted by atomic mass is 32.1. The van der Waals surface area contributed by atoms with Gasteiger partial charge in [0.15, 0.2) is 5.71 Å². The summed E-state index contributed by atoms with van der Waals surface area (Å²) in [4.78, 5) is 0. The molecule has 3 aromatic rings. The van der Waals surface area contributed by atoms with E-state index >= 15 is 0 Å². The van der Waals surface area contributed by atoms with Crippen LogP contribution >= 0.6 is 11.3 Å². The molecule has 0 saturated heterocycles. The van der Waals surface area contributed by atoms with Gasteiger partial charge >= 0.3 is 0 Å². The molecule has 1 fully saturated rings. The third-order valence-electron chi connectivity index (χ3n) is 7.45. The SMILES string of the molecule is CC1(C)C(C=Cc2ccsc2)=[N+](CCCCC2CCCC2)c2ccc3ccccc3c21. The van der Waals surface area contributed by atoms with Gasteiger partial charge in [0.2, 0.25) is 5.69 Å². The summed E-state index contributed by atoms with van der Waals surface area (Å²) in [6.07, 6.45) is 14.6. The number of rotatable bonds is 7. The minimum absolute atomic E-state index is 0.00578. The Morgan fingerprint density at radius 1 is 1.00 bits per heavy atom. The molecule has 1 aromatic heterocycles. The lowest BCUT2D eigenvalue weighted by Gasteiger charge is -2.17. The summed E-state index contributed by atoms with van der Waals surface area (Å²) >= 11 is 1.77. The van der Waals surface area contributed by atoms with E-state index in [0.29, 0.717) is 0 Å². The molecule has 2 heteroatoms. The summed E-state index contributed by atoms with van der Waals surface area (Å²) in [7, 11) is 0. The van der Waals surface area contributed by atoms with Crippen molar-refractivity contribution in [1.29, 1.82) is 0 Å². The van der Waals surface area contributed by atoms with Crippen molar-refractivity contribution in [2.75, 3.05) is 6.54 Å². The molecule has 2 heterocycles. The fourth-order valence-corrected chi connectivity index (χ4v) is 6.45. The average Bonchev–Trinajstić information content (AvgIpc) is 3.51. The number of hydrogen-bond acceptors (Lipinski definition) is 1. The Balaban J connectivity index is 1.48. The molecule has 0 amide bonds. The van der Waals surface area contributed by atoms with Crippen molar-refractivity contribution in [2.45, 2.75) is 64.2 Å². The Labute approximate surface area is 191 Å². The minimum Gasteiger partial charge on any atom is -0.195 e. The van der Waals surface area contributed by atoms with Crippen molar-refractivity contribution in [3.05, 3.63) is 70.4 Å². The average molecular weight is 429 g/mol. The van der Waals surface area contributed by atoms with E-state index in [-0.39, 0.29) is 5.41 Å². The fraction of sp³-hybridized carbons (Fsp3) is 0.414. The maximum atomic E-state index is 2.62. The van der Waals surface area contributed by atoms with Crippen LogP contribution in [0.25, 0.3) is 16.8 Å². The van der Waals surface area contributed by atoms with Crippen molar-refractivity contribution in [3.8, 4) is 0 Å². The summed E-state index contributed by atoms with van der Waals surface area (Å²) in [6.45, 7) is 5.93. The molecular weight excluding hydrogens is 394 g/mol. The van der Waals surface area contributed by atoms with Crippen LogP contribution in [0.2, 0.25) is 0 Å². The molecule has 0 atom stereocenters. The summed E-state index contributed by atoms with van der Waals surface area (Å²) in [5, 5.41) is 7.14. The molecule has 1 nitrogen and oxygen atoms in total. The van der Waals surface area contributed by atoms with Crippen LogP contribution in [0.5, 0.6) is 0 Å². The normalized spacial score (nSPS) is 18.5. The molecule has 0 radical (unpaired) electrons. The first kappa shape index (κ1) is 20.7. The van der Waals surface area contributed by atoms with E-state index in [1.165, 1.54) is 78.2 Å². The van der Waals surface area contributed by atoms with Crippen LogP contribution in [-0.2, 0) is 5.41 Å². The van der Waals surface area contributed by atoms with Crippen LogP contribution in [-0.4, -0.2) is 16.8 Å². The van der Waals surface area contributed by atoms with E-state index in [1.807, 2.05) is 0 Å². The molecule has 31 heavy (non-hydrogen) atoms. The van der Waals surface area contributed by atoms with E-state index in [0.717, 1.165) is 12.5 Å². The first-order valence-corrected chi connectivity index (χ1v) is 13.0. The molecule has 0 bridgehead atoms. The Hall–Kier alpha value is -2.19. The minimum atomic E-state index is -0.00578. The van der Waals surface area contributed by atoms with Crippen LogP contribution in [0.1, 0.15) is 69.9 Å². The van der Waals surface area contributed by atoms with Gasteiger partial charge in [-0.2, -0.15) is 15.9 Å². The maximum Gasteiger partial charge on any atom is 0.210 e. The Kier molecular flexibility index (Phi) is 5.84. The van der Waals surface area contributed by atoms with Crippen molar-refractivity contribution in [3.63, 3.8) is 0 Å². The van der Waals surface area contributed by atoms with Gasteiger partial charge in [0.05, 0.1) is 5.41 Å². The molecule has 5 rings (SSSR count). The first-order chi connectivity index (χ1) is 15.1. The monoisotopic (exact) mass is 428 g/mol. The molecule has 0 spiro atoms. The van der Waals surface area contributed by atoms with E-state index in [2.05, 4.69) is 83.8 Å². The Morgan fingerprint density at radius 2 is 1.84 bits per heavy atom. The van der Waals surface area contributed by atoms with Crippen molar-refractivity contribution < 1.29 is 4.58 Å². The largest absolute Gasteiger partial charge is 0.210 e. The predicted molar refractivity (Wildman–Crippen MR) is 136 cm³/mol. The number of hydrogen-bond donors (Lipinski definition) is 0. The fourth-order valence-electron chi connectivity index (χ4n) is 5.82. The second-order valence-electron chi connectivity index (χ2n) is 9.88. The van der Waals surface area contributed by atoms with Gasteiger partial charge in [-0.05, 0) is 71.5 Å². The number of allylic oxidation sites excluding steroid dienone is 1. The van der Waals surface area contributed by atoms with Gasteiger partial charge in [-0.25, -0.2) is 0 Å². The van der Waals surface area contributed by atoms with Gasteiger partial charge < -0.3 is 0 Å². The second kappa shape index (κ2) is 8.74. The number of fused-ring (bicyclic) bond motifs is 3. The predicted octanol–water partition coefficient (Wildman–Crippen LogP) is 8.35. The smallest absolute Gasteiger partial charge is 0.195 e. The number of thiophene rings is 1. The van der Waals surface area contributed by atoms with Gasteiger partial charge in [-0.15, -0.1) is 0 Å². The number of unbranched alkanes of at least 4 members (excludes halogenated alkanes) is 1. The van der Waals surface area contributed by atoms with Crippen LogP contribution < -0.4 is 0 Å². The third-order valence-corrected chi connectivity index (χ3v) is 8.15. The third kappa shape index (κ3) is 4.03. The van der Waals surface area contributed by atoms with Gasteiger partial charge in [-0.3, -0.25) is 0 Å². The molecule has 0 unspecified atom stereocenters. The zero-order valence-electron chi connectivity index (χ0n) is 18.9. The summed E-state index contributed by atoms with van der Waals surface area (Å²) in [6, 6.07) is 15.8. The summed E-state index contributed by atoms with van der Waals surface area (Å²) in [5.74, 6) is 0.994. The summed E-state index contributed by atoms with van der Waals surface area (Å²) in [5.41, 5.74) is 5.64. The van der Waals surface area contributed by atoms with Gasteiger partial charge in [0.1, 0.15) is 6.54 Å². The first-order valence-electron chi connectivity index (χ1n) is 12.0. The van der Waals surface area contributed by atoms with Crippen molar-refractivity contribution in [1.82, 2.24) is 0 Å². The van der Waals surface area contributed by atoms with Crippen molar-refractivity contribution >= 4 is 39.6 Å². The maximum absolute atomic E-state index is 2.62. The molecule has 1 aliphatic heterocycles. The number of benzene rings is 2. The molecule has 1 aliphatic carbocycles. The van der Waals surface area contributed by atoms with Crippen LogP contribution in [0.3, 0.4) is 0 Å². The lowest BCUT2D eigenvalue weighted by atomic mass is 9.79. The topological polar surface area (TPSA) is 3.01 Å². The molecule has 160 valence electrons. The van der Waals surface area contributed by atoms with E-state index in [9.17, 15) is 0 Å². The van der Waals surface area contributed by atoms with Crippen LogP contribution in [0.15, 0.2) is 59.3 Å². The Bertz CT molecular complexity index is 1110. The van der Waals surface area contributed by atoms with Crippen molar-refractivity contribution in [2.24, 2.45) is 5.92 Å². The van der Waals surface area contributed by atoms with Gasteiger partial charge in [-0.1, -0.05) is 56.4 Å². The van der Waals surface area contributed by atoms with E-state index < -0.39 is 0 Å². The molecule has 2 aliphatic rings. The zero-order valence-corrected chi connectivity index (χ0v) is 19.8. The second-order valence-corrected chi connectivity index (χ2v) is 10.7. The molecular formula is C29H34NS+. The molecule has 2 aromatic carbocycles. The van der Waals surface area contributed by atoms with E-state index in [1.54, 1.807) is 11.3 Å². The van der Waals surface area contributed by atoms with Gasteiger partial charge in [0.25, 0.3) is 0 Å². The van der Waals surface area contributed by atoms with E-state index in [4.69, 9.17) is 0 Å². The number of nitrogens with zero attached hydrogens (tertiary/aromatic N) is 1. The highest BCUT2D eigenvalue weighted by Crippen LogP contribution is 2.44. The lowest BCUT2D eigenvalue weighted by molar-refractivity contribution is -0.438. The Morgan fingerprint density at radius 3 is 2.65 bits per heavy atom. The highest BCUT2D eigenvalue weighted by Gasteiger charge is 2.45.